The Balaban J connectivity index is 1.67. The van der Waals surface area contributed by atoms with Crippen LogP contribution in [0, 0.1) is 5.82 Å². The zero-order valence-electron chi connectivity index (χ0n) is 21.6. The third-order valence-corrected chi connectivity index (χ3v) is 7.99. The van der Waals surface area contributed by atoms with Crippen molar-refractivity contribution in [2.24, 2.45) is 0 Å². The van der Waals surface area contributed by atoms with Gasteiger partial charge in [0.15, 0.2) is 17.3 Å². The Morgan fingerprint density at radius 3 is 2.59 bits per heavy atom. The van der Waals surface area contributed by atoms with Crippen LogP contribution in [-0.2, 0) is 38.0 Å². The highest BCUT2D eigenvalue weighted by Gasteiger charge is 2.31. The number of nitrogens with zero attached hydrogens (tertiary/aromatic N) is 2. The van der Waals surface area contributed by atoms with E-state index in [1.165, 1.54) is 16.7 Å². The minimum atomic E-state index is -3.87. The fourth-order valence-electron chi connectivity index (χ4n) is 4.01. The van der Waals surface area contributed by atoms with Gasteiger partial charge in [-0.3, -0.25) is 18.7 Å². The van der Waals surface area contributed by atoms with E-state index in [2.05, 4.69) is 16.9 Å². The SMILES string of the molecule is C=C1OCCn2c1nc(C(=O)NCc1ccc(F)cc1P(=O)(OCC)OCC)c(OCc1ccccc1)c2=O. The largest absolute Gasteiger partial charge is 0.488 e. The van der Waals surface area contributed by atoms with Crippen molar-refractivity contribution in [3.63, 3.8) is 0 Å². The topological polar surface area (TPSA) is 118 Å². The van der Waals surface area contributed by atoms with Crippen molar-refractivity contribution in [2.45, 2.75) is 33.5 Å². The van der Waals surface area contributed by atoms with Gasteiger partial charge in [0, 0.05) is 6.54 Å². The molecule has 0 aliphatic carbocycles. The molecule has 2 heterocycles. The zero-order chi connectivity index (χ0) is 28.0. The second-order valence-electron chi connectivity index (χ2n) is 8.40. The van der Waals surface area contributed by atoms with E-state index in [-0.39, 0.29) is 67.8 Å². The van der Waals surface area contributed by atoms with Gasteiger partial charge in [-0.2, -0.15) is 0 Å². The van der Waals surface area contributed by atoms with Crippen LogP contribution in [0.5, 0.6) is 5.75 Å². The van der Waals surface area contributed by atoms with Gasteiger partial charge in [0.2, 0.25) is 5.75 Å². The Morgan fingerprint density at radius 1 is 1.18 bits per heavy atom. The predicted octanol–water partition coefficient (Wildman–Crippen LogP) is 3.78. The molecule has 39 heavy (non-hydrogen) atoms. The summed E-state index contributed by atoms with van der Waals surface area (Å²) in [7, 11) is -3.87. The number of hydrogen-bond donors (Lipinski definition) is 1. The van der Waals surface area contributed by atoms with Crippen LogP contribution in [0.15, 0.2) is 59.9 Å². The van der Waals surface area contributed by atoms with Crippen molar-refractivity contribution in [2.75, 3.05) is 19.8 Å². The Labute approximate surface area is 224 Å². The fourth-order valence-corrected chi connectivity index (χ4v) is 5.83. The van der Waals surface area contributed by atoms with Gasteiger partial charge in [0.25, 0.3) is 11.5 Å². The summed E-state index contributed by atoms with van der Waals surface area (Å²) < 4.78 is 50.9. The highest BCUT2D eigenvalue weighted by molar-refractivity contribution is 7.62. The number of amides is 1. The lowest BCUT2D eigenvalue weighted by Gasteiger charge is -2.22. The van der Waals surface area contributed by atoms with Crippen molar-refractivity contribution in [3.05, 3.63) is 93.9 Å². The van der Waals surface area contributed by atoms with Gasteiger partial charge in [-0.1, -0.05) is 43.0 Å². The number of hydrogen-bond acceptors (Lipinski definition) is 8. The molecule has 1 aromatic heterocycles. The molecule has 206 valence electrons. The van der Waals surface area contributed by atoms with Crippen molar-refractivity contribution >= 4 is 24.6 Å². The second-order valence-corrected chi connectivity index (χ2v) is 10.4. The van der Waals surface area contributed by atoms with E-state index in [1.807, 2.05) is 30.3 Å². The van der Waals surface area contributed by atoms with E-state index in [4.69, 9.17) is 18.5 Å². The van der Waals surface area contributed by atoms with Crippen LogP contribution in [0.2, 0.25) is 0 Å². The molecular formula is C27H29FN3O7P. The van der Waals surface area contributed by atoms with Crippen LogP contribution in [-0.4, -0.2) is 35.3 Å². The minimum absolute atomic E-state index is 0.00713. The number of benzene rings is 2. The van der Waals surface area contributed by atoms with Crippen LogP contribution in [0.4, 0.5) is 4.39 Å². The van der Waals surface area contributed by atoms with Gasteiger partial charge in [0.05, 0.1) is 25.1 Å². The molecule has 0 fully saturated rings. The lowest BCUT2D eigenvalue weighted by molar-refractivity contribution is 0.0938. The molecule has 0 radical (unpaired) electrons. The van der Waals surface area contributed by atoms with Gasteiger partial charge in [0.1, 0.15) is 19.0 Å². The summed E-state index contributed by atoms with van der Waals surface area (Å²) in [5.41, 5.74) is 0.280. The third kappa shape index (κ3) is 6.27. The summed E-state index contributed by atoms with van der Waals surface area (Å²) in [6, 6.07) is 12.8. The molecule has 1 aliphatic rings. The molecule has 0 saturated carbocycles. The maximum atomic E-state index is 14.1. The molecule has 1 aliphatic heterocycles. The van der Waals surface area contributed by atoms with Gasteiger partial charge in [-0.05, 0) is 37.1 Å². The monoisotopic (exact) mass is 557 g/mol. The number of carbonyl (C=O) groups is 1. The summed E-state index contributed by atoms with van der Waals surface area (Å²) in [6.45, 7) is 7.48. The number of nitrogens with one attached hydrogen (secondary N) is 1. The quantitative estimate of drug-likeness (QED) is 0.354. The molecule has 4 rings (SSSR count). The van der Waals surface area contributed by atoms with Crippen LogP contribution in [0.25, 0.3) is 5.76 Å². The van der Waals surface area contributed by atoms with Crippen molar-refractivity contribution in [3.8, 4) is 5.75 Å². The van der Waals surface area contributed by atoms with Crippen LogP contribution < -0.4 is 20.9 Å². The third-order valence-electron chi connectivity index (χ3n) is 5.79. The molecule has 3 aromatic rings. The smallest absolute Gasteiger partial charge is 0.361 e. The highest BCUT2D eigenvalue weighted by atomic mass is 31.2. The first kappa shape index (κ1) is 28.2. The number of halogens is 1. The molecule has 0 unspecified atom stereocenters. The highest BCUT2D eigenvalue weighted by Crippen LogP contribution is 2.47. The normalized spacial score (nSPS) is 12.9. The van der Waals surface area contributed by atoms with Crippen LogP contribution >= 0.6 is 7.60 Å². The Bertz CT molecular complexity index is 1470. The lowest BCUT2D eigenvalue weighted by Crippen LogP contribution is -2.36. The van der Waals surface area contributed by atoms with Crippen molar-refractivity contribution in [1.82, 2.24) is 14.9 Å². The predicted molar refractivity (Wildman–Crippen MR) is 142 cm³/mol. The van der Waals surface area contributed by atoms with Crippen LogP contribution in [0.1, 0.15) is 41.3 Å². The lowest BCUT2D eigenvalue weighted by atomic mass is 10.2. The molecule has 2 aromatic carbocycles. The molecule has 0 saturated heterocycles. The van der Waals surface area contributed by atoms with Gasteiger partial charge in [-0.15, -0.1) is 0 Å². The Morgan fingerprint density at radius 2 is 1.90 bits per heavy atom. The number of fused-ring (bicyclic) bond motifs is 1. The first-order valence-electron chi connectivity index (χ1n) is 12.4. The number of ether oxygens (including phenoxy) is 2. The first-order valence-corrected chi connectivity index (χ1v) is 13.9. The summed E-state index contributed by atoms with van der Waals surface area (Å²) in [5, 5.41) is 2.66. The summed E-state index contributed by atoms with van der Waals surface area (Å²) in [6.07, 6.45) is 0. The van der Waals surface area contributed by atoms with Gasteiger partial charge >= 0.3 is 7.60 Å². The Hall–Kier alpha value is -3.79. The van der Waals surface area contributed by atoms with Gasteiger partial charge < -0.3 is 23.8 Å². The maximum absolute atomic E-state index is 14.1. The second kappa shape index (κ2) is 12.4. The molecular weight excluding hydrogens is 528 g/mol. The molecule has 1 N–H and O–H groups in total. The summed E-state index contributed by atoms with van der Waals surface area (Å²) >= 11 is 0. The maximum Gasteiger partial charge on any atom is 0.361 e. The minimum Gasteiger partial charge on any atom is -0.488 e. The van der Waals surface area contributed by atoms with Crippen LogP contribution in [0.3, 0.4) is 0 Å². The van der Waals surface area contributed by atoms with Crippen molar-refractivity contribution < 1.29 is 32.3 Å². The average Bonchev–Trinajstić information content (AvgIpc) is 2.93. The van der Waals surface area contributed by atoms with E-state index < -0.39 is 24.9 Å². The van der Waals surface area contributed by atoms with E-state index in [0.29, 0.717) is 5.56 Å². The van der Waals surface area contributed by atoms with E-state index in [9.17, 15) is 18.5 Å². The van der Waals surface area contributed by atoms with E-state index in [1.54, 1.807) is 13.8 Å². The zero-order valence-corrected chi connectivity index (χ0v) is 22.5. The average molecular weight is 558 g/mol. The molecule has 12 heteroatoms. The number of carbonyl (C=O) groups excluding carboxylic acids is 1. The first-order chi connectivity index (χ1) is 18.8. The molecule has 1 amide bonds. The number of aromatic nitrogens is 2. The fraction of sp³-hybridized carbons (Fsp3) is 0.296. The van der Waals surface area contributed by atoms with Gasteiger partial charge in [-0.25, -0.2) is 9.37 Å². The molecule has 0 atom stereocenters. The number of rotatable bonds is 11. The van der Waals surface area contributed by atoms with E-state index >= 15 is 0 Å². The van der Waals surface area contributed by atoms with Crippen molar-refractivity contribution in [1.29, 1.82) is 0 Å². The standard InChI is InChI=1S/C27H29FN3O7P/c1-4-37-39(34,38-5-2)22-15-21(28)12-11-20(22)16-29-26(32)23-24(36-17-19-9-7-6-8-10-19)27(33)31-13-14-35-18(3)25(31)30-23/h6-12,15H,3-5,13-14,16-17H2,1-2H3,(H,29,32). The summed E-state index contributed by atoms with van der Waals surface area (Å²) in [4.78, 5) is 31.1. The molecule has 0 spiro atoms. The Kier molecular flexibility index (Phi) is 8.96. The molecule has 10 nitrogen and oxygen atoms in total. The van der Waals surface area contributed by atoms with E-state index in [0.717, 1.165) is 11.6 Å². The summed E-state index contributed by atoms with van der Waals surface area (Å²) in [5.74, 6) is -1.35. The molecule has 0 bridgehead atoms.